The fourth-order valence-corrected chi connectivity index (χ4v) is 3.02. The predicted molar refractivity (Wildman–Crippen MR) is 106 cm³/mol. The van der Waals surface area contributed by atoms with Gasteiger partial charge in [-0.25, -0.2) is 0 Å². The van der Waals surface area contributed by atoms with Crippen LogP contribution in [0, 0.1) is 6.92 Å². The van der Waals surface area contributed by atoms with Crippen LogP contribution < -0.4 is 5.32 Å². The summed E-state index contributed by atoms with van der Waals surface area (Å²) in [4.78, 5) is 12.3. The third-order valence-corrected chi connectivity index (χ3v) is 4.36. The van der Waals surface area contributed by atoms with Gasteiger partial charge in [-0.3, -0.25) is 9.48 Å². The molecule has 0 radical (unpaired) electrons. The van der Waals surface area contributed by atoms with Crippen molar-refractivity contribution in [2.75, 3.05) is 0 Å². The molecule has 1 N–H and O–H groups in total. The molecule has 0 saturated carbocycles. The third-order valence-electron chi connectivity index (χ3n) is 4.36. The molecule has 140 valence electrons. The second-order valence-electron chi connectivity index (χ2n) is 6.57. The lowest BCUT2D eigenvalue weighted by molar-refractivity contribution is 0.0914. The fraction of sp³-hybridized carbons (Fsp3) is 0.136. The van der Waals surface area contributed by atoms with Crippen LogP contribution in [-0.2, 0) is 13.1 Å². The van der Waals surface area contributed by atoms with Crippen LogP contribution in [0.4, 0.5) is 0 Å². The molecular weight excluding hydrogens is 352 g/mol. The lowest BCUT2D eigenvalue weighted by Crippen LogP contribution is -2.22. The molecule has 2 aromatic carbocycles. The minimum Gasteiger partial charge on any atom is -0.351 e. The monoisotopic (exact) mass is 372 g/mol. The van der Waals surface area contributed by atoms with Gasteiger partial charge in [-0.05, 0) is 12.5 Å². The molecule has 0 saturated heterocycles. The Morgan fingerprint density at radius 3 is 2.46 bits per heavy atom. The van der Waals surface area contributed by atoms with E-state index < -0.39 is 0 Å². The molecule has 1 amide bonds. The zero-order chi connectivity index (χ0) is 19.3. The number of aryl methyl sites for hydroxylation is 1. The summed E-state index contributed by atoms with van der Waals surface area (Å²) in [5.74, 6) is -0.0918. The molecule has 0 unspecified atom stereocenters. The van der Waals surface area contributed by atoms with E-state index in [4.69, 9.17) is 9.62 Å². The SMILES string of the molecule is Cc1cc(C(=O)NCc2cn(Cc3ccccc3)nc2-c2ccccc2)on1. The van der Waals surface area contributed by atoms with Crippen LogP contribution in [0.15, 0.2) is 77.4 Å². The zero-order valence-corrected chi connectivity index (χ0v) is 15.5. The zero-order valence-electron chi connectivity index (χ0n) is 15.5. The standard InChI is InChI=1S/C22H20N4O2/c1-16-12-20(28-25-16)22(27)23-13-19-15-26(14-17-8-4-2-5-9-17)24-21(19)18-10-6-3-7-11-18/h2-12,15H,13-14H2,1H3,(H,23,27). The maximum absolute atomic E-state index is 12.3. The van der Waals surface area contributed by atoms with Gasteiger partial charge in [0.25, 0.3) is 5.91 Å². The van der Waals surface area contributed by atoms with Gasteiger partial charge < -0.3 is 9.84 Å². The van der Waals surface area contributed by atoms with E-state index in [2.05, 4.69) is 22.6 Å². The van der Waals surface area contributed by atoms with Crippen LogP contribution in [0.5, 0.6) is 0 Å². The summed E-state index contributed by atoms with van der Waals surface area (Å²) in [7, 11) is 0. The maximum Gasteiger partial charge on any atom is 0.290 e. The van der Waals surface area contributed by atoms with Crippen LogP contribution >= 0.6 is 0 Å². The van der Waals surface area contributed by atoms with Gasteiger partial charge in [0.15, 0.2) is 0 Å². The summed E-state index contributed by atoms with van der Waals surface area (Å²) in [5, 5.41) is 11.4. The van der Waals surface area contributed by atoms with Crippen LogP contribution in [0.25, 0.3) is 11.3 Å². The van der Waals surface area contributed by atoms with Gasteiger partial charge in [-0.15, -0.1) is 0 Å². The number of benzene rings is 2. The van der Waals surface area contributed by atoms with Gasteiger partial charge in [0.2, 0.25) is 5.76 Å². The topological polar surface area (TPSA) is 73.0 Å². The highest BCUT2D eigenvalue weighted by atomic mass is 16.5. The number of aromatic nitrogens is 3. The Morgan fingerprint density at radius 1 is 1.07 bits per heavy atom. The van der Waals surface area contributed by atoms with Gasteiger partial charge in [0.1, 0.15) is 0 Å². The van der Waals surface area contributed by atoms with E-state index in [1.807, 2.05) is 59.4 Å². The van der Waals surface area contributed by atoms with Gasteiger partial charge in [0.05, 0.1) is 17.9 Å². The molecule has 4 rings (SSSR count). The van der Waals surface area contributed by atoms with Gasteiger partial charge in [0, 0.05) is 29.9 Å². The van der Waals surface area contributed by atoms with Crippen molar-refractivity contribution in [3.05, 3.63) is 95.5 Å². The van der Waals surface area contributed by atoms with Crippen molar-refractivity contribution in [3.63, 3.8) is 0 Å². The Balaban J connectivity index is 1.58. The van der Waals surface area contributed by atoms with Crippen LogP contribution in [0.1, 0.15) is 27.4 Å². The number of carbonyl (C=O) groups excluding carboxylic acids is 1. The van der Waals surface area contributed by atoms with E-state index in [1.54, 1.807) is 13.0 Å². The maximum atomic E-state index is 12.3. The molecule has 0 aliphatic rings. The van der Waals surface area contributed by atoms with E-state index >= 15 is 0 Å². The molecule has 0 aliphatic heterocycles. The Hall–Kier alpha value is -3.67. The second-order valence-corrected chi connectivity index (χ2v) is 6.57. The minimum atomic E-state index is -0.296. The normalized spacial score (nSPS) is 10.8. The van der Waals surface area contributed by atoms with Crippen LogP contribution in [-0.4, -0.2) is 20.8 Å². The molecule has 2 heterocycles. The first-order valence-corrected chi connectivity index (χ1v) is 9.06. The van der Waals surface area contributed by atoms with Crippen molar-refractivity contribution >= 4 is 5.91 Å². The number of hydrogen-bond acceptors (Lipinski definition) is 4. The van der Waals surface area contributed by atoms with E-state index in [9.17, 15) is 4.79 Å². The highest BCUT2D eigenvalue weighted by Gasteiger charge is 2.15. The largest absolute Gasteiger partial charge is 0.351 e. The Kier molecular flexibility index (Phi) is 5.01. The number of amides is 1. The number of nitrogens with one attached hydrogen (secondary N) is 1. The highest BCUT2D eigenvalue weighted by Crippen LogP contribution is 2.22. The van der Waals surface area contributed by atoms with Crippen LogP contribution in [0.3, 0.4) is 0 Å². The summed E-state index contributed by atoms with van der Waals surface area (Å²) < 4.78 is 6.93. The average molecular weight is 372 g/mol. The lowest BCUT2D eigenvalue weighted by Gasteiger charge is -2.03. The molecule has 0 bridgehead atoms. The lowest BCUT2D eigenvalue weighted by atomic mass is 10.1. The second kappa shape index (κ2) is 7.92. The van der Waals surface area contributed by atoms with Crippen molar-refractivity contribution in [3.8, 4) is 11.3 Å². The van der Waals surface area contributed by atoms with E-state index in [-0.39, 0.29) is 11.7 Å². The molecule has 0 spiro atoms. The number of rotatable bonds is 6. The van der Waals surface area contributed by atoms with Gasteiger partial charge in [-0.2, -0.15) is 5.10 Å². The molecular formula is C22H20N4O2. The van der Waals surface area contributed by atoms with E-state index in [0.717, 1.165) is 22.4 Å². The van der Waals surface area contributed by atoms with Crippen molar-refractivity contribution in [1.29, 1.82) is 0 Å². The Morgan fingerprint density at radius 2 is 1.79 bits per heavy atom. The first kappa shape index (κ1) is 17.7. The molecule has 0 fully saturated rings. The summed E-state index contributed by atoms with van der Waals surface area (Å²) in [5.41, 5.74) is 4.63. The predicted octanol–water partition coefficient (Wildman–Crippen LogP) is 3.82. The first-order chi connectivity index (χ1) is 13.7. The van der Waals surface area contributed by atoms with Gasteiger partial charge in [-0.1, -0.05) is 65.8 Å². The average Bonchev–Trinajstić information content (AvgIpc) is 3.34. The molecule has 6 nitrogen and oxygen atoms in total. The molecule has 0 atom stereocenters. The van der Waals surface area contributed by atoms with Crippen molar-refractivity contribution in [2.45, 2.75) is 20.0 Å². The number of carbonyl (C=O) groups is 1. The Labute approximate surface area is 162 Å². The molecule has 2 aromatic heterocycles. The smallest absolute Gasteiger partial charge is 0.290 e. The highest BCUT2D eigenvalue weighted by molar-refractivity contribution is 5.91. The fourth-order valence-electron chi connectivity index (χ4n) is 3.02. The minimum absolute atomic E-state index is 0.204. The number of hydrogen-bond donors (Lipinski definition) is 1. The van der Waals surface area contributed by atoms with E-state index in [1.165, 1.54) is 0 Å². The van der Waals surface area contributed by atoms with Crippen molar-refractivity contribution in [1.82, 2.24) is 20.3 Å². The molecule has 28 heavy (non-hydrogen) atoms. The molecule has 6 heteroatoms. The Bertz CT molecular complexity index is 1070. The summed E-state index contributed by atoms with van der Waals surface area (Å²) in [6.07, 6.45) is 1.97. The third kappa shape index (κ3) is 4.01. The van der Waals surface area contributed by atoms with E-state index in [0.29, 0.717) is 18.8 Å². The summed E-state index contributed by atoms with van der Waals surface area (Å²) in [6, 6.07) is 21.7. The van der Waals surface area contributed by atoms with Gasteiger partial charge >= 0.3 is 0 Å². The summed E-state index contributed by atoms with van der Waals surface area (Å²) in [6.45, 7) is 2.79. The summed E-state index contributed by atoms with van der Waals surface area (Å²) >= 11 is 0. The first-order valence-electron chi connectivity index (χ1n) is 9.06. The van der Waals surface area contributed by atoms with Crippen molar-refractivity contribution in [2.24, 2.45) is 0 Å². The molecule has 4 aromatic rings. The molecule has 0 aliphatic carbocycles. The van der Waals surface area contributed by atoms with Crippen LogP contribution in [0.2, 0.25) is 0 Å². The van der Waals surface area contributed by atoms with Crippen molar-refractivity contribution < 1.29 is 9.32 Å². The quantitative estimate of drug-likeness (QED) is 0.558. The number of nitrogens with zero attached hydrogens (tertiary/aromatic N) is 3.